The Morgan fingerprint density at radius 3 is 1.88 bits per heavy atom. The first kappa shape index (κ1) is 17.5. The third kappa shape index (κ3) is 4.62. The summed E-state index contributed by atoms with van der Waals surface area (Å²) in [6, 6.07) is 23.6. The molecule has 1 atom stereocenters. The highest BCUT2D eigenvalue weighted by Crippen LogP contribution is 2.35. The molecule has 0 saturated heterocycles. The van der Waals surface area contributed by atoms with E-state index in [1.807, 2.05) is 60.7 Å². The Labute approximate surface area is 151 Å². The zero-order chi connectivity index (χ0) is 18.4. The van der Waals surface area contributed by atoms with Gasteiger partial charge >= 0.3 is 5.97 Å². The Hall–Kier alpha value is -3.31. The van der Waals surface area contributed by atoms with E-state index in [0.717, 1.165) is 0 Å². The van der Waals surface area contributed by atoms with Gasteiger partial charge in [0.2, 0.25) is 0 Å². The van der Waals surface area contributed by atoms with Crippen LogP contribution in [0, 0.1) is 0 Å². The number of para-hydroxylation sites is 2. The largest absolute Gasteiger partial charge is 0.479 e. The van der Waals surface area contributed by atoms with E-state index in [4.69, 9.17) is 14.6 Å². The van der Waals surface area contributed by atoms with Crippen molar-refractivity contribution in [3.63, 3.8) is 0 Å². The molecule has 0 aliphatic carbocycles. The van der Waals surface area contributed by atoms with Crippen molar-refractivity contribution in [2.24, 2.45) is 0 Å². The number of aliphatic hydroxyl groups is 1. The predicted molar refractivity (Wildman–Crippen MR) is 96.8 cm³/mol. The summed E-state index contributed by atoms with van der Waals surface area (Å²) >= 11 is 0. The highest BCUT2D eigenvalue weighted by Gasteiger charge is 2.16. The molecule has 0 heterocycles. The number of benzene rings is 3. The molecule has 0 fully saturated rings. The second-order valence-electron chi connectivity index (χ2n) is 5.67. The average molecular weight is 350 g/mol. The van der Waals surface area contributed by atoms with Crippen LogP contribution in [0.25, 0.3) is 0 Å². The van der Waals surface area contributed by atoms with Crippen molar-refractivity contribution < 1.29 is 24.5 Å². The number of rotatable bonds is 7. The Balaban J connectivity index is 1.90. The first-order valence-electron chi connectivity index (χ1n) is 8.11. The van der Waals surface area contributed by atoms with E-state index in [-0.39, 0.29) is 6.42 Å². The second-order valence-corrected chi connectivity index (χ2v) is 5.67. The number of aliphatic hydroxyl groups excluding tert-OH is 1. The lowest BCUT2D eigenvalue weighted by Crippen LogP contribution is -2.21. The summed E-state index contributed by atoms with van der Waals surface area (Å²) in [5.41, 5.74) is 0.631. The molecular weight excluding hydrogens is 332 g/mol. The lowest BCUT2D eigenvalue weighted by atomic mass is 10.1. The fraction of sp³-hybridized carbons (Fsp3) is 0.0952. The van der Waals surface area contributed by atoms with Gasteiger partial charge in [-0.2, -0.15) is 0 Å². The minimum Gasteiger partial charge on any atom is -0.479 e. The monoisotopic (exact) mass is 350 g/mol. The Kier molecular flexibility index (Phi) is 5.51. The number of ether oxygens (including phenoxy) is 2. The van der Waals surface area contributed by atoms with Crippen molar-refractivity contribution in [2.45, 2.75) is 12.5 Å². The zero-order valence-corrected chi connectivity index (χ0v) is 13.9. The van der Waals surface area contributed by atoms with Crippen molar-refractivity contribution in [1.82, 2.24) is 0 Å². The van der Waals surface area contributed by atoms with E-state index in [1.54, 1.807) is 18.2 Å². The van der Waals surface area contributed by atoms with E-state index in [1.165, 1.54) is 0 Å². The van der Waals surface area contributed by atoms with Gasteiger partial charge in [0.25, 0.3) is 0 Å². The molecule has 3 rings (SSSR count). The standard InChI is InChI=1S/C21H18O5/c22-18(21(23)24)13-15-11-12-19(25-16-7-3-1-4-8-16)20(14-15)26-17-9-5-2-6-10-17/h1-12,14,18,22H,13H2,(H,23,24)/t18-/m1/s1. The van der Waals surface area contributed by atoms with Crippen molar-refractivity contribution in [2.75, 3.05) is 0 Å². The van der Waals surface area contributed by atoms with Crippen LogP contribution >= 0.6 is 0 Å². The highest BCUT2D eigenvalue weighted by atomic mass is 16.5. The van der Waals surface area contributed by atoms with Gasteiger partial charge in [-0.25, -0.2) is 4.79 Å². The lowest BCUT2D eigenvalue weighted by molar-refractivity contribution is -0.146. The maximum absolute atomic E-state index is 10.9. The Morgan fingerprint density at radius 2 is 1.35 bits per heavy atom. The molecule has 0 unspecified atom stereocenters. The number of carboxylic acids is 1. The predicted octanol–water partition coefficient (Wildman–Crippen LogP) is 4.26. The molecule has 5 heteroatoms. The van der Waals surface area contributed by atoms with Gasteiger partial charge < -0.3 is 19.7 Å². The van der Waals surface area contributed by atoms with Crippen LogP contribution in [0.1, 0.15) is 5.56 Å². The van der Waals surface area contributed by atoms with Gasteiger partial charge in [0.05, 0.1) is 0 Å². The number of aliphatic carboxylic acids is 1. The first-order valence-corrected chi connectivity index (χ1v) is 8.11. The van der Waals surface area contributed by atoms with Crippen LogP contribution in [0.3, 0.4) is 0 Å². The smallest absolute Gasteiger partial charge is 0.332 e. The Bertz CT molecular complexity index is 862. The lowest BCUT2D eigenvalue weighted by Gasteiger charge is -2.14. The van der Waals surface area contributed by atoms with Gasteiger partial charge in [0, 0.05) is 6.42 Å². The summed E-state index contributed by atoms with van der Waals surface area (Å²) in [6.45, 7) is 0. The summed E-state index contributed by atoms with van der Waals surface area (Å²) in [5.74, 6) is 0.953. The minimum absolute atomic E-state index is 0.0217. The highest BCUT2D eigenvalue weighted by molar-refractivity contribution is 5.72. The van der Waals surface area contributed by atoms with E-state index in [9.17, 15) is 9.90 Å². The van der Waals surface area contributed by atoms with E-state index >= 15 is 0 Å². The quantitative estimate of drug-likeness (QED) is 0.666. The van der Waals surface area contributed by atoms with Crippen LogP contribution in [0.5, 0.6) is 23.0 Å². The fourth-order valence-electron chi connectivity index (χ4n) is 2.39. The number of carbonyl (C=O) groups is 1. The normalized spacial score (nSPS) is 11.6. The molecule has 0 aliphatic heterocycles. The van der Waals surface area contributed by atoms with Crippen LogP contribution in [-0.4, -0.2) is 22.3 Å². The molecule has 0 radical (unpaired) electrons. The zero-order valence-electron chi connectivity index (χ0n) is 13.9. The third-order valence-corrected chi connectivity index (χ3v) is 3.66. The molecule has 0 aliphatic rings. The van der Waals surface area contributed by atoms with E-state index in [2.05, 4.69) is 0 Å². The summed E-state index contributed by atoms with van der Waals surface area (Å²) in [6.07, 6.45) is -1.49. The van der Waals surface area contributed by atoms with Gasteiger partial charge in [-0.15, -0.1) is 0 Å². The van der Waals surface area contributed by atoms with Crippen LogP contribution < -0.4 is 9.47 Å². The van der Waals surface area contributed by atoms with Crippen LogP contribution in [0.15, 0.2) is 78.9 Å². The summed E-state index contributed by atoms with van der Waals surface area (Å²) < 4.78 is 11.8. The molecular formula is C21H18O5. The second kappa shape index (κ2) is 8.18. The van der Waals surface area contributed by atoms with Gasteiger partial charge in [0.1, 0.15) is 11.5 Å². The molecule has 5 nitrogen and oxygen atoms in total. The average Bonchev–Trinajstić information content (AvgIpc) is 2.65. The third-order valence-electron chi connectivity index (χ3n) is 3.66. The van der Waals surface area contributed by atoms with Crippen molar-refractivity contribution in [1.29, 1.82) is 0 Å². The molecule has 0 amide bonds. The summed E-state index contributed by atoms with van der Waals surface area (Å²) in [5, 5.41) is 18.5. The minimum atomic E-state index is -1.47. The molecule has 3 aromatic rings. The number of hydrogen-bond acceptors (Lipinski definition) is 4. The van der Waals surface area contributed by atoms with Crippen LogP contribution in [0.4, 0.5) is 0 Å². The van der Waals surface area contributed by atoms with E-state index < -0.39 is 12.1 Å². The van der Waals surface area contributed by atoms with E-state index in [0.29, 0.717) is 28.6 Å². The summed E-state index contributed by atoms with van der Waals surface area (Å²) in [4.78, 5) is 10.9. The van der Waals surface area contributed by atoms with Gasteiger partial charge in [-0.05, 0) is 42.0 Å². The number of carboxylic acid groups (broad SMARTS) is 1. The maximum Gasteiger partial charge on any atom is 0.332 e. The maximum atomic E-state index is 10.9. The van der Waals surface area contributed by atoms with Gasteiger partial charge in [0.15, 0.2) is 17.6 Å². The molecule has 0 saturated carbocycles. The molecule has 2 N–H and O–H groups in total. The van der Waals surface area contributed by atoms with Crippen LogP contribution in [0.2, 0.25) is 0 Å². The molecule has 0 aromatic heterocycles. The molecule has 3 aromatic carbocycles. The molecule has 0 spiro atoms. The Morgan fingerprint density at radius 1 is 0.808 bits per heavy atom. The molecule has 0 bridgehead atoms. The van der Waals surface area contributed by atoms with Gasteiger partial charge in [-0.1, -0.05) is 42.5 Å². The van der Waals surface area contributed by atoms with Crippen molar-refractivity contribution >= 4 is 5.97 Å². The fourth-order valence-corrected chi connectivity index (χ4v) is 2.39. The van der Waals surface area contributed by atoms with Gasteiger partial charge in [-0.3, -0.25) is 0 Å². The summed E-state index contributed by atoms with van der Waals surface area (Å²) in [7, 11) is 0. The molecule has 132 valence electrons. The van der Waals surface area contributed by atoms with Crippen molar-refractivity contribution in [3.8, 4) is 23.0 Å². The number of hydrogen-bond donors (Lipinski definition) is 2. The van der Waals surface area contributed by atoms with Crippen molar-refractivity contribution in [3.05, 3.63) is 84.4 Å². The first-order chi connectivity index (χ1) is 12.6. The van der Waals surface area contributed by atoms with Crippen LogP contribution in [-0.2, 0) is 11.2 Å². The molecule has 26 heavy (non-hydrogen) atoms. The topological polar surface area (TPSA) is 76.0 Å². The SMILES string of the molecule is O=C(O)[C@H](O)Cc1ccc(Oc2ccccc2)c(Oc2ccccc2)c1.